The van der Waals surface area contributed by atoms with E-state index in [1.165, 1.54) is 32.3 Å². The van der Waals surface area contributed by atoms with Gasteiger partial charge in [0.25, 0.3) is 0 Å². The van der Waals surface area contributed by atoms with Crippen molar-refractivity contribution in [2.45, 2.75) is 4.90 Å². The number of nitrogens with zero attached hydrogens (tertiary/aromatic N) is 2. The van der Waals surface area contributed by atoms with Crippen molar-refractivity contribution >= 4 is 10.0 Å². The first-order chi connectivity index (χ1) is 9.30. The maximum absolute atomic E-state index is 12.0. The molecule has 0 aliphatic carbocycles. The number of rotatable bonds is 3. The lowest BCUT2D eigenvalue weighted by molar-refractivity contribution is 0.521. The van der Waals surface area contributed by atoms with E-state index >= 15 is 0 Å². The molecule has 0 spiro atoms. The number of hydrogen-bond acceptors (Lipinski definition) is 5. The normalized spacial score (nSPS) is 11.8. The second-order valence-electron chi connectivity index (χ2n) is 4.16. The molecule has 1 heterocycles. The minimum atomic E-state index is -3.60. The van der Waals surface area contributed by atoms with E-state index in [1.807, 2.05) is 4.98 Å². The number of sulfonamides is 1. The lowest BCUT2D eigenvalue weighted by Crippen LogP contribution is -2.25. The van der Waals surface area contributed by atoms with Crippen molar-refractivity contribution in [3.63, 3.8) is 0 Å². The molecular weight excluding hydrogens is 284 g/mol. The summed E-state index contributed by atoms with van der Waals surface area (Å²) in [6.07, 6.45) is 0. The average molecular weight is 296 g/mol. The van der Waals surface area contributed by atoms with Gasteiger partial charge in [0, 0.05) is 19.7 Å². The number of benzene rings is 1. The Balaban J connectivity index is 2.61. The summed E-state index contributed by atoms with van der Waals surface area (Å²) >= 11 is 0. The van der Waals surface area contributed by atoms with Crippen LogP contribution in [0.15, 0.2) is 38.8 Å². The molecule has 9 heteroatoms. The molecule has 0 saturated heterocycles. The Kier molecular flexibility index (Phi) is 3.55. The molecule has 1 aromatic heterocycles. The lowest BCUT2D eigenvalue weighted by Gasteiger charge is -2.11. The highest BCUT2D eigenvalue weighted by atomic mass is 32.2. The van der Waals surface area contributed by atoms with Gasteiger partial charge in [-0.2, -0.15) is 4.98 Å². The van der Waals surface area contributed by atoms with Crippen LogP contribution in [-0.4, -0.2) is 41.8 Å². The van der Waals surface area contributed by atoms with Crippen LogP contribution in [0.25, 0.3) is 11.4 Å². The first-order valence-electron chi connectivity index (χ1n) is 5.54. The van der Waals surface area contributed by atoms with Crippen molar-refractivity contribution in [2.24, 2.45) is 0 Å². The molecule has 0 fully saturated rings. The van der Waals surface area contributed by atoms with Gasteiger partial charge in [-0.15, -0.1) is 0 Å². The van der Waals surface area contributed by atoms with Crippen molar-refractivity contribution in [1.29, 1.82) is 0 Å². The minimum Gasteiger partial charge on any atom is -0.291 e. The molecule has 0 aliphatic rings. The number of hydrogen-bond donors (Lipinski definition) is 2. The first-order valence-corrected chi connectivity index (χ1v) is 6.98. The fraction of sp³-hybridized carbons (Fsp3) is 0.182. The Hall–Kier alpha value is -2.26. The Morgan fingerprint density at radius 3 is 2.45 bits per heavy atom. The molecule has 8 nitrogen and oxygen atoms in total. The van der Waals surface area contributed by atoms with E-state index in [2.05, 4.69) is 9.97 Å². The largest absolute Gasteiger partial charge is 0.351 e. The number of aromatic amines is 2. The topological polar surface area (TPSA) is 116 Å². The Morgan fingerprint density at radius 1 is 1.15 bits per heavy atom. The Bertz CT molecular complexity index is 823. The predicted molar refractivity (Wildman–Crippen MR) is 71.8 cm³/mol. The zero-order valence-electron chi connectivity index (χ0n) is 10.7. The van der Waals surface area contributed by atoms with Crippen molar-refractivity contribution in [3.05, 3.63) is 45.2 Å². The van der Waals surface area contributed by atoms with Gasteiger partial charge >= 0.3 is 11.4 Å². The molecule has 0 atom stereocenters. The molecule has 0 radical (unpaired) electrons. The van der Waals surface area contributed by atoms with Crippen LogP contribution in [0.3, 0.4) is 0 Å². The van der Waals surface area contributed by atoms with E-state index in [9.17, 15) is 18.0 Å². The molecular formula is C11H12N4O4S. The summed E-state index contributed by atoms with van der Waals surface area (Å²) in [6, 6.07) is 5.82. The highest BCUT2D eigenvalue weighted by Crippen LogP contribution is 2.19. The quantitative estimate of drug-likeness (QED) is 0.782. The SMILES string of the molecule is CN(C)S(=O)(=O)c1cccc(-c2nc(=O)[nH]c(=O)[nH]2)c1. The zero-order valence-corrected chi connectivity index (χ0v) is 11.6. The van der Waals surface area contributed by atoms with Crippen molar-refractivity contribution in [2.75, 3.05) is 14.1 Å². The summed E-state index contributed by atoms with van der Waals surface area (Å²) in [5.41, 5.74) is -1.18. The van der Waals surface area contributed by atoms with Gasteiger partial charge in [-0.3, -0.25) is 9.97 Å². The molecule has 106 valence electrons. The minimum absolute atomic E-state index is 0.00885. The third-order valence-corrected chi connectivity index (χ3v) is 4.36. The van der Waals surface area contributed by atoms with Crippen LogP contribution in [0.1, 0.15) is 0 Å². The molecule has 2 aromatic rings. The highest BCUT2D eigenvalue weighted by Gasteiger charge is 2.17. The second kappa shape index (κ2) is 5.02. The summed E-state index contributed by atoms with van der Waals surface area (Å²) in [5.74, 6) is 0.00885. The second-order valence-corrected chi connectivity index (χ2v) is 6.31. The van der Waals surface area contributed by atoms with Crippen LogP contribution < -0.4 is 11.4 Å². The summed E-state index contributed by atoms with van der Waals surface area (Å²) < 4.78 is 25.1. The van der Waals surface area contributed by atoms with E-state index in [1.54, 1.807) is 6.07 Å². The van der Waals surface area contributed by atoms with Crippen molar-refractivity contribution < 1.29 is 8.42 Å². The molecule has 20 heavy (non-hydrogen) atoms. The van der Waals surface area contributed by atoms with E-state index in [0.717, 1.165) is 4.31 Å². The third-order valence-electron chi connectivity index (χ3n) is 2.55. The van der Waals surface area contributed by atoms with Gasteiger partial charge < -0.3 is 0 Å². The summed E-state index contributed by atoms with van der Waals surface area (Å²) in [4.78, 5) is 30.3. The van der Waals surface area contributed by atoms with Gasteiger partial charge in [0.1, 0.15) is 5.82 Å². The fourth-order valence-corrected chi connectivity index (χ4v) is 2.49. The molecule has 0 aliphatic heterocycles. The highest BCUT2D eigenvalue weighted by molar-refractivity contribution is 7.89. The number of aromatic nitrogens is 3. The summed E-state index contributed by atoms with van der Waals surface area (Å²) in [7, 11) is -0.776. The fourth-order valence-electron chi connectivity index (χ4n) is 1.54. The third kappa shape index (κ3) is 2.68. The van der Waals surface area contributed by atoms with Crippen LogP contribution in [0.2, 0.25) is 0 Å². The maximum atomic E-state index is 12.0. The van der Waals surface area contributed by atoms with Gasteiger partial charge in [0.2, 0.25) is 10.0 Å². The summed E-state index contributed by atoms with van der Waals surface area (Å²) in [5, 5.41) is 0. The first kappa shape index (κ1) is 14.2. The van der Waals surface area contributed by atoms with E-state index in [0.29, 0.717) is 5.56 Å². The molecule has 2 N–H and O–H groups in total. The Labute approximate surface area is 114 Å². The number of nitrogens with one attached hydrogen (secondary N) is 2. The zero-order chi connectivity index (χ0) is 14.9. The monoisotopic (exact) mass is 296 g/mol. The van der Waals surface area contributed by atoms with Crippen LogP contribution >= 0.6 is 0 Å². The van der Waals surface area contributed by atoms with E-state index in [4.69, 9.17) is 0 Å². The van der Waals surface area contributed by atoms with Crippen molar-refractivity contribution in [1.82, 2.24) is 19.3 Å². The predicted octanol–water partition coefficient (Wildman–Crippen LogP) is -0.624. The lowest BCUT2D eigenvalue weighted by atomic mass is 10.2. The van der Waals surface area contributed by atoms with E-state index < -0.39 is 21.4 Å². The van der Waals surface area contributed by atoms with Gasteiger partial charge in [-0.1, -0.05) is 12.1 Å². The molecule has 2 rings (SSSR count). The maximum Gasteiger partial charge on any atom is 0.351 e. The van der Waals surface area contributed by atoms with Crippen molar-refractivity contribution in [3.8, 4) is 11.4 Å². The van der Waals surface area contributed by atoms with Crippen LogP contribution in [0.5, 0.6) is 0 Å². The van der Waals surface area contributed by atoms with Crippen LogP contribution in [0, 0.1) is 0 Å². The standard InChI is InChI=1S/C11H12N4O4S/c1-15(2)20(18,19)8-5-3-4-7(6-8)9-12-10(16)14-11(17)13-9/h3-6H,1-2H3,(H2,12,13,14,16,17). The Morgan fingerprint density at radius 2 is 1.85 bits per heavy atom. The molecule has 1 aromatic carbocycles. The number of H-pyrrole nitrogens is 2. The summed E-state index contributed by atoms with van der Waals surface area (Å²) in [6.45, 7) is 0. The van der Waals surface area contributed by atoms with Gasteiger partial charge in [0.15, 0.2) is 0 Å². The molecule has 0 saturated carbocycles. The van der Waals surface area contributed by atoms with Crippen LogP contribution in [-0.2, 0) is 10.0 Å². The van der Waals surface area contributed by atoms with Gasteiger partial charge in [0.05, 0.1) is 4.90 Å². The van der Waals surface area contributed by atoms with Gasteiger partial charge in [-0.05, 0) is 12.1 Å². The molecule has 0 amide bonds. The van der Waals surface area contributed by atoms with E-state index in [-0.39, 0.29) is 10.7 Å². The van der Waals surface area contributed by atoms with Gasteiger partial charge in [-0.25, -0.2) is 22.3 Å². The smallest absolute Gasteiger partial charge is 0.291 e. The van der Waals surface area contributed by atoms with Crippen LogP contribution in [0.4, 0.5) is 0 Å². The average Bonchev–Trinajstić information content (AvgIpc) is 2.37. The molecule has 0 unspecified atom stereocenters. The molecule has 0 bridgehead atoms.